The molecule has 16 unspecified atom stereocenters. The monoisotopic (exact) mass is 1190 g/mol. The Morgan fingerprint density at radius 1 is 0.457 bits per heavy atom. The first-order valence-corrected chi connectivity index (χ1v) is 32.0. The fourth-order valence-corrected chi connectivity index (χ4v) is 11.2. The summed E-state index contributed by atoms with van der Waals surface area (Å²) in [5.41, 5.74) is 0. The lowest BCUT2D eigenvalue weighted by molar-refractivity contribution is -0.360. The van der Waals surface area contributed by atoms with Crippen molar-refractivity contribution in [2.75, 3.05) is 26.4 Å². The van der Waals surface area contributed by atoms with Crippen LogP contribution in [0, 0.1) is 0 Å². The average molecular weight is 1190 g/mol. The Morgan fingerprint density at radius 3 is 1.22 bits per heavy atom. The largest absolute Gasteiger partial charge is 0.472 e. The molecule has 3 rings (SSSR count). The summed E-state index contributed by atoms with van der Waals surface area (Å²) >= 11 is 0. The number of carbonyl (C=O) groups is 2. The number of hydrogen-bond donors (Lipinski definition) is 12. The second-order valence-corrected chi connectivity index (χ2v) is 23.6. The minimum atomic E-state index is -5.64. The second-order valence-electron chi connectivity index (χ2n) is 22.2. The highest BCUT2D eigenvalue weighted by molar-refractivity contribution is 7.47. The van der Waals surface area contributed by atoms with Crippen molar-refractivity contribution in [1.29, 1.82) is 0 Å². The minimum Gasteiger partial charge on any atom is -0.462 e. The summed E-state index contributed by atoms with van der Waals surface area (Å²) in [6, 6.07) is 0. The topological polar surface area (TPSA) is 368 Å². The molecular formula is C57H105O23P. The molecule has 24 heteroatoms. The van der Waals surface area contributed by atoms with Crippen molar-refractivity contribution >= 4 is 19.8 Å². The molecule has 81 heavy (non-hydrogen) atoms. The van der Waals surface area contributed by atoms with Crippen molar-refractivity contribution in [2.24, 2.45) is 0 Å². The van der Waals surface area contributed by atoms with Crippen LogP contribution in [0.4, 0.5) is 0 Å². The van der Waals surface area contributed by atoms with E-state index in [1.165, 1.54) is 103 Å². The Bertz CT molecular complexity index is 1660. The van der Waals surface area contributed by atoms with E-state index in [2.05, 4.69) is 26.0 Å². The summed E-state index contributed by atoms with van der Waals surface area (Å²) in [7, 11) is -5.64. The highest BCUT2D eigenvalue weighted by Gasteiger charge is 2.58. The molecule has 0 aromatic carbocycles. The zero-order chi connectivity index (χ0) is 59.6. The molecule has 23 nitrogen and oxygen atoms in total. The molecule has 0 aromatic rings. The fraction of sp³-hybridized carbons (Fsp3) is 0.930. The summed E-state index contributed by atoms with van der Waals surface area (Å²) in [5, 5.41) is 117. The molecule has 16 atom stereocenters. The number of carbonyl (C=O) groups excluding carboxylic acids is 2. The first kappa shape index (κ1) is 73.4. The van der Waals surface area contributed by atoms with Crippen molar-refractivity contribution in [1.82, 2.24) is 0 Å². The van der Waals surface area contributed by atoms with E-state index in [9.17, 15) is 75.2 Å². The molecule has 2 heterocycles. The maximum atomic E-state index is 14.0. The number of phosphoric ester groups is 1. The highest BCUT2D eigenvalue weighted by atomic mass is 31.2. The number of esters is 2. The van der Waals surface area contributed by atoms with Gasteiger partial charge in [0, 0.05) is 12.8 Å². The van der Waals surface area contributed by atoms with E-state index < -0.39 is 150 Å². The van der Waals surface area contributed by atoms with Gasteiger partial charge in [-0.2, -0.15) is 0 Å². The number of rotatable bonds is 45. The van der Waals surface area contributed by atoms with Crippen molar-refractivity contribution in [3.63, 3.8) is 0 Å². The molecule has 0 radical (unpaired) electrons. The maximum absolute atomic E-state index is 14.0. The van der Waals surface area contributed by atoms with Crippen LogP contribution in [0.25, 0.3) is 0 Å². The number of phosphoric acid groups is 1. The lowest BCUT2D eigenvalue weighted by Crippen LogP contribution is -2.69. The first-order chi connectivity index (χ1) is 38.9. The van der Waals surface area contributed by atoms with Gasteiger partial charge in [0.2, 0.25) is 0 Å². The first-order valence-electron chi connectivity index (χ1n) is 30.5. The zero-order valence-corrected chi connectivity index (χ0v) is 49.2. The molecule has 2 aliphatic heterocycles. The van der Waals surface area contributed by atoms with Crippen LogP contribution in [0.1, 0.15) is 206 Å². The fourth-order valence-electron chi connectivity index (χ4n) is 10.2. The molecule has 0 spiro atoms. The number of unbranched alkanes of at least 4 members (excludes halogenated alkanes) is 25. The van der Waals surface area contributed by atoms with Crippen LogP contribution in [-0.4, -0.2) is 204 Å². The second kappa shape index (κ2) is 42.1. The Hall–Kier alpha value is -1.81. The molecular weight excluding hydrogens is 1080 g/mol. The van der Waals surface area contributed by atoms with Crippen LogP contribution < -0.4 is 0 Å². The average Bonchev–Trinajstić information content (AvgIpc) is 3.48. The summed E-state index contributed by atoms with van der Waals surface area (Å²) in [5.74, 6) is -1.34. The Morgan fingerprint density at radius 2 is 0.815 bits per heavy atom. The molecule has 0 bridgehead atoms. The van der Waals surface area contributed by atoms with Gasteiger partial charge in [-0.25, -0.2) is 4.57 Å². The van der Waals surface area contributed by atoms with Gasteiger partial charge in [0.1, 0.15) is 92.1 Å². The van der Waals surface area contributed by atoms with Crippen LogP contribution in [0.2, 0.25) is 0 Å². The van der Waals surface area contributed by atoms with E-state index in [0.717, 1.165) is 64.2 Å². The van der Waals surface area contributed by atoms with Gasteiger partial charge in [0.25, 0.3) is 0 Å². The van der Waals surface area contributed by atoms with E-state index in [4.69, 9.17) is 37.5 Å². The van der Waals surface area contributed by atoms with E-state index >= 15 is 0 Å². The third-order valence-corrected chi connectivity index (χ3v) is 16.3. The van der Waals surface area contributed by atoms with Crippen molar-refractivity contribution in [3.05, 3.63) is 12.2 Å². The predicted octanol–water partition coefficient (Wildman–Crippen LogP) is 4.71. The normalized spacial score (nSPS) is 31.0. The number of allylic oxidation sites excluding steroid dienone is 2. The minimum absolute atomic E-state index is 0.0299. The van der Waals surface area contributed by atoms with E-state index in [1.807, 2.05) is 0 Å². The number of aliphatic hydroxyl groups is 11. The third-order valence-electron chi connectivity index (χ3n) is 15.3. The van der Waals surface area contributed by atoms with Crippen LogP contribution in [0.3, 0.4) is 0 Å². The summed E-state index contributed by atoms with van der Waals surface area (Å²) in [4.78, 5) is 37.5. The predicted molar refractivity (Wildman–Crippen MR) is 296 cm³/mol. The van der Waals surface area contributed by atoms with Gasteiger partial charge in [0.05, 0.1) is 19.8 Å². The van der Waals surface area contributed by atoms with Crippen molar-refractivity contribution in [2.45, 2.75) is 311 Å². The molecule has 2 saturated heterocycles. The van der Waals surface area contributed by atoms with Crippen molar-refractivity contribution in [3.8, 4) is 0 Å². The van der Waals surface area contributed by atoms with Gasteiger partial charge in [-0.15, -0.1) is 0 Å². The van der Waals surface area contributed by atoms with Gasteiger partial charge in [-0.3, -0.25) is 18.6 Å². The van der Waals surface area contributed by atoms with Crippen LogP contribution in [-0.2, 0) is 51.6 Å². The molecule has 3 aliphatic rings. The maximum Gasteiger partial charge on any atom is 0.472 e. The van der Waals surface area contributed by atoms with Crippen LogP contribution in [0.5, 0.6) is 0 Å². The molecule has 476 valence electrons. The standard InChI is InChI=1S/C57H105O23P/c1-3-5-7-9-11-13-15-17-18-19-20-22-24-26-28-30-32-34-43(61)75-39(37-73-42(60)33-31-29-27-25-23-21-16-14-12-10-8-6-4-2)38-74-81(71,72)80-55-53(78-56-51(69)46(64)44(62)40(35-58)76-56)49(67)48(66)50(68)54(55)79-57-52(70)47(65)45(63)41(36-59)77-57/h21,23,39-41,44-59,62-70H,3-20,22,24-38H2,1-2H3,(H,71,72). The SMILES string of the molecule is CCCCCCCCC=CCCCCCC(=O)OCC(COP(=O)(O)OC1C(OC2OC(CO)C(O)C(O)C2O)C(O)C(O)C(O)C1OC1OC(CO)C(O)C(O)C1O)OC(=O)CCCCCCCCCCCCCCCCCCC. The van der Waals surface area contributed by atoms with Gasteiger partial charge >= 0.3 is 19.8 Å². The lowest BCUT2D eigenvalue weighted by atomic mass is 9.84. The van der Waals surface area contributed by atoms with E-state index in [1.54, 1.807) is 0 Å². The molecule has 0 amide bonds. The van der Waals surface area contributed by atoms with Crippen LogP contribution >= 0.6 is 7.82 Å². The highest BCUT2D eigenvalue weighted by Crippen LogP contribution is 2.49. The summed E-state index contributed by atoms with van der Waals surface area (Å²) in [6.07, 6.45) is 0.467. The van der Waals surface area contributed by atoms with E-state index in [0.29, 0.717) is 12.8 Å². The van der Waals surface area contributed by atoms with Crippen LogP contribution in [0.15, 0.2) is 12.2 Å². The number of aliphatic hydroxyl groups excluding tert-OH is 11. The molecule has 0 aromatic heterocycles. The Balaban J connectivity index is 1.68. The van der Waals surface area contributed by atoms with Gasteiger partial charge in [-0.05, 0) is 38.5 Å². The molecule has 3 fully saturated rings. The number of ether oxygens (including phenoxy) is 6. The smallest absolute Gasteiger partial charge is 0.462 e. The van der Waals surface area contributed by atoms with Gasteiger partial charge in [-0.1, -0.05) is 167 Å². The van der Waals surface area contributed by atoms with E-state index in [-0.39, 0.29) is 12.8 Å². The van der Waals surface area contributed by atoms with Crippen molar-refractivity contribution < 1.29 is 113 Å². The number of hydrogen-bond acceptors (Lipinski definition) is 22. The molecule has 1 aliphatic carbocycles. The lowest BCUT2D eigenvalue weighted by Gasteiger charge is -2.49. The third kappa shape index (κ3) is 27.6. The quantitative estimate of drug-likeness (QED) is 0.0170. The summed E-state index contributed by atoms with van der Waals surface area (Å²) < 4.78 is 58.1. The Labute approximate surface area is 480 Å². The van der Waals surface area contributed by atoms with Gasteiger partial charge in [0.15, 0.2) is 18.7 Å². The Kier molecular flexibility index (Phi) is 38.2. The summed E-state index contributed by atoms with van der Waals surface area (Å²) in [6.45, 7) is 1.01. The molecule has 12 N–H and O–H groups in total. The van der Waals surface area contributed by atoms with Gasteiger partial charge < -0.3 is 89.5 Å². The molecule has 1 saturated carbocycles. The zero-order valence-electron chi connectivity index (χ0n) is 48.3.